The summed E-state index contributed by atoms with van der Waals surface area (Å²) in [6.45, 7) is 4.62. The van der Waals surface area contributed by atoms with E-state index in [-0.39, 0.29) is 16.3 Å². The standard InChI is InChI=1S/C26H27ClN2O5/c1-16(2)18-7-5-17(6-8-18)15-34-25-23(32-3)12-10-20(24(25)33-4)14-28-29-26(31)19-9-11-22(30)21(27)13-19/h5-14,16,30H,15H2,1-4H3,(H,29,31). The molecule has 7 nitrogen and oxygen atoms in total. The molecule has 0 aliphatic carbocycles. The van der Waals surface area contributed by atoms with Crippen molar-refractivity contribution in [2.45, 2.75) is 26.4 Å². The van der Waals surface area contributed by atoms with Gasteiger partial charge in [-0.1, -0.05) is 49.7 Å². The molecule has 34 heavy (non-hydrogen) atoms. The SMILES string of the molecule is COc1ccc(C=NNC(=O)c2ccc(O)c(Cl)c2)c(OC)c1OCc1ccc(C(C)C)cc1. The fourth-order valence-electron chi connectivity index (χ4n) is 3.20. The van der Waals surface area contributed by atoms with Gasteiger partial charge in [0.1, 0.15) is 12.4 Å². The Morgan fingerprint density at radius 2 is 1.79 bits per heavy atom. The van der Waals surface area contributed by atoms with Crippen LogP contribution in [-0.2, 0) is 6.61 Å². The number of phenolic OH excluding ortho intramolecular Hbond substituents is 1. The van der Waals surface area contributed by atoms with Crippen LogP contribution in [0.2, 0.25) is 5.02 Å². The van der Waals surface area contributed by atoms with Crippen molar-refractivity contribution >= 4 is 23.7 Å². The topological polar surface area (TPSA) is 89.4 Å². The van der Waals surface area contributed by atoms with E-state index in [1.807, 2.05) is 12.1 Å². The van der Waals surface area contributed by atoms with Crippen molar-refractivity contribution in [3.63, 3.8) is 0 Å². The zero-order valence-corrected chi connectivity index (χ0v) is 20.2. The van der Waals surface area contributed by atoms with Crippen LogP contribution in [0.25, 0.3) is 0 Å². The summed E-state index contributed by atoms with van der Waals surface area (Å²) in [6.07, 6.45) is 1.45. The first kappa shape index (κ1) is 24.9. The number of nitrogens with zero attached hydrogens (tertiary/aromatic N) is 1. The highest BCUT2D eigenvalue weighted by Gasteiger charge is 2.16. The first-order valence-electron chi connectivity index (χ1n) is 10.6. The van der Waals surface area contributed by atoms with Gasteiger partial charge in [0.15, 0.2) is 11.5 Å². The smallest absolute Gasteiger partial charge is 0.271 e. The molecular weight excluding hydrogens is 456 g/mol. The summed E-state index contributed by atoms with van der Waals surface area (Å²) < 4.78 is 17.1. The van der Waals surface area contributed by atoms with E-state index >= 15 is 0 Å². The minimum atomic E-state index is -0.480. The molecule has 0 atom stereocenters. The van der Waals surface area contributed by atoms with Crippen molar-refractivity contribution in [1.82, 2.24) is 5.43 Å². The molecule has 0 fully saturated rings. The van der Waals surface area contributed by atoms with E-state index in [1.165, 1.54) is 37.1 Å². The van der Waals surface area contributed by atoms with Gasteiger partial charge in [-0.25, -0.2) is 5.43 Å². The summed E-state index contributed by atoms with van der Waals surface area (Å²) >= 11 is 5.86. The number of hydrogen-bond donors (Lipinski definition) is 2. The number of nitrogens with one attached hydrogen (secondary N) is 1. The molecule has 0 aliphatic rings. The zero-order chi connectivity index (χ0) is 24.7. The van der Waals surface area contributed by atoms with Gasteiger partial charge in [-0.05, 0) is 47.4 Å². The number of halogens is 1. The lowest BCUT2D eigenvalue weighted by Crippen LogP contribution is -2.17. The van der Waals surface area contributed by atoms with Crippen LogP contribution in [0.15, 0.2) is 59.7 Å². The Balaban J connectivity index is 1.77. The first-order chi connectivity index (χ1) is 16.3. The van der Waals surface area contributed by atoms with Crippen LogP contribution in [0.4, 0.5) is 0 Å². The van der Waals surface area contributed by atoms with Gasteiger partial charge in [0.05, 0.1) is 25.5 Å². The Labute approximate surface area is 203 Å². The minimum Gasteiger partial charge on any atom is -0.506 e. The summed E-state index contributed by atoms with van der Waals surface area (Å²) in [5.41, 5.74) is 5.53. The fraction of sp³-hybridized carbons (Fsp3) is 0.231. The third-order valence-corrected chi connectivity index (χ3v) is 5.44. The Bertz CT molecular complexity index is 1180. The number of methoxy groups -OCH3 is 2. The lowest BCUT2D eigenvalue weighted by atomic mass is 10.0. The Morgan fingerprint density at radius 1 is 1.06 bits per heavy atom. The number of amides is 1. The number of hydrazone groups is 1. The molecule has 0 aliphatic heterocycles. The van der Waals surface area contributed by atoms with Gasteiger partial charge in [-0.15, -0.1) is 0 Å². The summed E-state index contributed by atoms with van der Waals surface area (Å²) in [5, 5.41) is 13.6. The van der Waals surface area contributed by atoms with Crippen LogP contribution in [0.1, 0.15) is 46.8 Å². The molecule has 2 N–H and O–H groups in total. The molecule has 0 radical (unpaired) electrons. The zero-order valence-electron chi connectivity index (χ0n) is 19.5. The molecule has 0 saturated heterocycles. The molecule has 0 aromatic heterocycles. The van der Waals surface area contributed by atoms with Gasteiger partial charge < -0.3 is 19.3 Å². The number of hydrogen-bond acceptors (Lipinski definition) is 6. The van der Waals surface area contributed by atoms with Gasteiger partial charge >= 0.3 is 0 Å². The lowest BCUT2D eigenvalue weighted by molar-refractivity contribution is 0.0955. The first-order valence-corrected chi connectivity index (χ1v) is 11.0. The minimum absolute atomic E-state index is 0.0779. The summed E-state index contributed by atoms with van der Waals surface area (Å²) in [6, 6.07) is 15.9. The second-order valence-corrected chi connectivity index (χ2v) is 8.18. The molecule has 3 aromatic carbocycles. The van der Waals surface area contributed by atoms with Crippen LogP contribution in [0.3, 0.4) is 0 Å². The van der Waals surface area contributed by atoms with Gasteiger partial charge in [-0.2, -0.15) is 5.10 Å². The number of carbonyl (C=O) groups excluding carboxylic acids is 1. The normalized spacial score (nSPS) is 11.0. The molecule has 0 spiro atoms. The molecule has 3 rings (SSSR count). The third kappa shape index (κ3) is 5.99. The summed E-state index contributed by atoms with van der Waals surface area (Å²) in [7, 11) is 3.07. The summed E-state index contributed by atoms with van der Waals surface area (Å²) in [5.74, 6) is 1.23. The third-order valence-electron chi connectivity index (χ3n) is 5.14. The van der Waals surface area contributed by atoms with Crippen molar-refractivity contribution in [1.29, 1.82) is 0 Å². The van der Waals surface area contributed by atoms with Crippen LogP contribution in [-0.4, -0.2) is 31.4 Å². The van der Waals surface area contributed by atoms with Crippen LogP contribution in [0, 0.1) is 0 Å². The van der Waals surface area contributed by atoms with Crippen molar-refractivity contribution in [2.24, 2.45) is 5.10 Å². The van der Waals surface area contributed by atoms with Gasteiger partial charge in [-0.3, -0.25) is 4.79 Å². The average molecular weight is 483 g/mol. The summed E-state index contributed by atoms with van der Waals surface area (Å²) in [4.78, 5) is 12.3. The lowest BCUT2D eigenvalue weighted by Gasteiger charge is -2.16. The number of rotatable bonds is 9. The van der Waals surface area contributed by atoms with Gasteiger partial charge in [0, 0.05) is 11.1 Å². The number of phenols is 1. The maximum absolute atomic E-state index is 12.3. The Hall–Kier alpha value is -3.71. The van der Waals surface area contributed by atoms with E-state index in [9.17, 15) is 9.90 Å². The van der Waals surface area contributed by atoms with Crippen LogP contribution in [0.5, 0.6) is 23.0 Å². The maximum Gasteiger partial charge on any atom is 0.271 e. The molecule has 3 aromatic rings. The van der Waals surface area contributed by atoms with Gasteiger partial charge in [0.2, 0.25) is 5.75 Å². The number of ether oxygens (including phenoxy) is 3. The molecule has 8 heteroatoms. The van der Waals surface area contributed by atoms with E-state index in [1.54, 1.807) is 19.2 Å². The van der Waals surface area contributed by atoms with Crippen LogP contribution < -0.4 is 19.6 Å². The Morgan fingerprint density at radius 3 is 2.41 bits per heavy atom. The van der Waals surface area contributed by atoms with E-state index in [0.29, 0.717) is 35.3 Å². The molecule has 0 heterocycles. The molecule has 0 unspecified atom stereocenters. The second-order valence-electron chi connectivity index (χ2n) is 7.77. The predicted octanol–water partition coefficient (Wildman–Crippen LogP) is 5.53. The molecule has 1 amide bonds. The van der Waals surface area contributed by atoms with Crippen molar-refractivity contribution in [2.75, 3.05) is 14.2 Å². The average Bonchev–Trinajstić information content (AvgIpc) is 2.84. The maximum atomic E-state index is 12.3. The van der Waals surface area contributed by atoms with Gasteiger partial charge in [0.25, 0.3) is 5.91 Å². The highest BCUT2D eigenvalue weighted by molar-refractivity contribution is 6.32. The predicted molar refractivity (Wildman–Crippen MR) is 133 cm³/mol. The van der Waals surface area contributed by atoms with Crippen LogP contribution >= 0.6 is 11.6 Å². The van der Waals surface area contributed by atoms with E-state index < -0.39 is 5.91 Å². The number of aromatic hydroxyl groups is 1. The molecular formula is C26H27ClN2O5. The molecule has 0 saturated carbocycles. The second kappa shape index (κ2) is 11.4. The number of benzene rings is 3. The van der Waals surface area contributed by atoms with E-state index in [0.717, 1.165) is 5.56 Å². The quantitative estimate of drug-likeness (QED) is 0.309. The monoisotopic (exact) mass is 482 g/mol. The fourth-order valence-corrected chi connectivity index (χ4v) is 3.38. The Kier molecular flexibility index (Phi) is 8.38. The van der Waals surface area contributed by atoms with E-state index in [4.69, 9.17) is 25.8 Å². The number of carbonyl (C=O) groups is 1. The largest absolute Gasteiger partial charge is 0.506 e. The molecule has 178 valence electrons. The van der Waals surface area contributed by atoms with Crippen molar-refractivity contribution in [3.8, 4) is 23.0 Å². The van der Waals surface area contributed by atoms with Crippen molar-refractivity contribution < 1.29 is 24.1 Å². The van der Waals surface area contributed by atoms with Crippen molar-refractivity contribution in [3.05, 3.63) is 81.9 Å². The van der Waals surface area contributed by atoms with E-state index in [2.05, 4.69) is 36.5 Å². The highest BCUT2D eigenvalue weighted by atomic mass is 35.5. The molecule has 0 bridgehead atoms. The highest BCUT2D eigenvalue weighted by Crippen LogP contribution is 2.40.